The van der Waals surface area contributed by atoms with Crippen LogP contribution in [0.15, 0.2) is 58.3 Å². The van der Waals surface area contributed by atoms with E-state index in [2.05, 4.69) is 5.10 Å². The molecule has 35 heavy (non-hydrogen) atoms. The van der Waals surface area contributed by atoms with Crippen LogP contribution in [0.3, 0.4) is 0 Å². The Morgan fingerprint density at radius 1 is 1.06 bits per heavy atom. The van der Waals surface area contributed by atoms with E-state index in [1.807, 2.05) is 0 Å². The molecule has 0 spiro atoms. The Morgan fingerprint density at radius 2 is 1.74 bits per heavy atom. The molecule has 0 saturated heterocycles. The molecule has 9 nitrogen and oxygen atoms in total. The predicted octanol–water partition coefficient (Wildman–Crippen LogP) is 3.71. The molecule has 0 aliphatic carbocycles. The maximum atomic E-state index is 13.4. The van der Waals surface area contributed by atoms with Crippen molar-refractivity contribution in [2.45, 2.75) is 39.8 Å². The number of amides is 1. The fourth-order valence-electron chi connectivity index (χ4n) is 3.31. The number of halogens is 2. The van der Waals surface area contributed by atoms with Gasteiger partial charge in [0, 0.05) is 6.54 Å². The molecule has 0 radical (unpaired) electrons. The summed E-state index contributed by atoms with van der Waals surface area (Å²) in [5.41, 5.74) is -1.64. The van der Waals surface area contributed by atoms with E-state index in [4.69, 9.17) is 27.9 Å². The van der Waals surface area contributed by atoms with Crippen molar-refractivity contribution in [3.8, 4) is 5.69 Å². The molecule has 0 aliphatic rings. The lowest BCUT2D eigenvalue weighted by atomic mass is 10.1. The molecule has 3 rings (SSSR count). The Kier molecular flexibility index (Phi) is 7.82. The van der Waals surface area contributed by atoms with Gasteiger partial charge >= 0.3 is 11.7 Å². The molecule has 0 bridgehead atoms. The molecule has 1 heterocycles. The topological polar surface area (TPSA) is 104 Å². The lowest BCUT2D eigenvalue weighted by molar-refractivity contribution is -0.155. The van der Waals surface area contributed by atoms with Gasteiger partial charge in [-0.2, -0.15) is 9.78 Å². The third-order valence-corrected chi connectivity index (χ3v) is 5.45. The Morgan fingerprint density at radius 3 is 2.37 bits per heavy atom. The van der Waals surface area contributed by atoms with Gasteiger partial charge in [0.2, 0.25) is 0 Å². The highest BCUT2D eigenvalue weighted by Crippen LogP contribution is 2.28. The third-order valence-electron chi connectivity index (χ3n) is 4.80. The average Bonchev–Trinajstić information content (AvgIpc) is 2.78. The van der Waals surface area contributed by atoms with Crippen LogP contribution in [0.2, 0.25) is 10.0 Å². The van der Waals surface area contributed by atoms with Gasteiger partial charge in [0.1, 0.15) is 18.3 Å². The van der Waals surface area contributed by atoms with Crippen LogP contribution in [-0.2, 0) is 16.1 Å². The van der Waals surface area contributed by atoms with Crippen molar-refractivity contribution >= 4 is 40.8 Å². The smallest absolute Gasteiger partial charge is 0.352 e. The first-order valence-corrected chi connectivity index (χ1v) is 11.5. The van der Waals surface area contributed by atoms with E-state index in [1.54, 1.807) is 52.0 Å². The zero-order chi connectivity index (χ0) is 25.9. The summed E-state index contributed by atoms with van der Waals surface area (Å²) < 4.78 is 6.82. The summed E-state index contributed by atoms with van der Waals surface area (Å²) in [5.74, 6) is -1.19. The normalized spacial score (nSPS) is 11.3. The standard InChI is InChI=1S/C24H24Cl2N4O5/c1-5-28(19-9-7-6-8-18(19)26)22(33)16-12-15(10-11-17(16)25)30-23(34)29(20(31)13-27-30)14-21(32)35-24(2,3)4/h6-13H,5,14H2,1-4H3. The number of hydrogen-bond donors (Lipinski definition) is 0. The fraction of sp³-hybridized carbons (Fsp3) is 0.292. The molecule has 0 aliphatic heterocycles. The zero-order valence-electron chi connectivity index (χ0n) is 19.6. The molecule has 0 fully saturated rings. The van der Waals surface area contributed by atoms with Gasteiger partial charge in [-0.1, -0.05) is 35.3 Å². The van der Waals surface area contributed by atoms with E-state index in [0.29, 0.717) is 21.8 Å². The molecule has 0 N–H and O–H groups in total. The quantitative estimate of drug-likeness (QED) is 0.460. The fourth-order valence-corrected chi connectivity index (χ4v) is 3.74. The van der Waals surface area contributed by atoms with Crippen LogP contribution in [0.4, 0.5) is 5.69 Å². The van der Waals surface area contributed by atoms with E-state index >= 15 is 0 Å². The number of carbonyl (C=O) groups is 2. The number of nitrogens with zero attached hydrogens (tertiary/aromatic N) is 4. The molecule has 1 amide bonds. The van der Waals surface area contributed by atoms with Crippen molar-refractivity contribution in [1.29, 1.82) is 0 Å². The number of benzene rings is 2. The largest absolute Gasteiger partial charge is 0.459 e. The van der Waals surface area contributed by atoms with E-state index in [0.717, 1.165) is 10.9 Å². The summed E-state index contributed by atoms with van der Waals surface area (Å²) >= 11 is 12.6. The van der Waals surface area contributed by atoms with Gasteiger partial charge in [0.25, 0.3) is 11.5 Å². The number of hydrogen-bond acceptors (Lipinski definition) is 6. The van der Waals surface area contributed by atoms with Gasteiger partial charge in [-0.15, -0.1) is 0 Å². The van der Waals surface area contributed by atoms with Gasteiger partial charge in [0.05, 0.1) is 27.0 Å². The van der Waals surface area contributed by atoms with Crippen molar-refractivity contribution in [3.63, 3.8) is 0 Å². The van der Waals surface area contributed by atoms with Crippen LogP contribution in [0.5, 0.6) is 0 Å². The van der Waals surface area contributed by atoms with Crippen molar-refractivity contribution in [3.05, 3.63) is 85.1 Å². The molecule has 0 atom stereocenters. The van der Waals surface area contributed by atoms with Gasteiger partial charge in [0.15, 0.2) is 0 Å². The van der Waals surface area contributed by atoms with Crippen molar-refractivity contribution < 1.29 is 14.3 Å². The maximum Gasteiger partial charge on any atom is 0.352 e. The summed E-state index contributed by atoms with van der Waals surface area (Å²) in [6, 6.07) is 11.2. The lowest BCUT2D eigenvalue weighted by Gasteiger charge is -2.23. The summed E-state index contributed by atoms with van der Waals surface area (Å²) in [7, 11) is 0. The van der Waals surface area contributed by atoms with Crippen LogP contribution in [0, 0.1) is 0 Å². The van der Waals surface area contributed by atoms with Crippen molar-refractivity contribution in [2.75, 3.05) is 11.4 Å². The molecule has 0 unspecified atom stereocenters. The first kappa shape index (κ1) is 26.2. The maximum absolute atomic E-state index is 13.4. The van der Waals surface area contributed by atoms with E-state index in [9.17, 15) is 19.2 Å². The van der Waals surface area contributed by atoms with E-state index < -0.39 is 35.3 Å². The monoisotopic (exact) mass is 518 g/mol. The van der Waals surface area contributed by atoms with Crippen molar-refractivity contribution in [1.82, 2.24) is 14.3 Å². The number of ether oxygens (including phenoxy) is 1. The summed E-state index contributed by atoms with van der Waals surface area (Å²) in [5, 5.41) is 4.43. The molecule has 1 aromatic heterocycles. The Hall–Kier alpha value is -3.43. The minimum absolute atomic E-state index is 0.101. The minimum atomic E-state index is -0.873. The van der Waals surface area contributed by atoms with E-state index in [-0.39, 0.29) is 16.3 Å². The first-order chi connectivity index (χ1) is 16.4. The second-order valence-electron chi connectivity index (χ2n) is 8.51. The number of para-hydroxylation sites is 1. The minimum Gasteiger partial charge on any atom is -0.459 e. The number of aromatic nitrogens is 3. The Bertz CT molecular complexity index is 1390. The van der Waals surface area contributed by atoms with Crippen LogP contribution >= 0.6 is 23.2 Å². The number of anilines is 1. The number of esters is 1. The number of rotatable bonds is 6. The van der Waals surface area contributed by atoms with Crippen molar-refractivity contribution in [2.24, 2.45) is 0 Å². The van der Waals surface area contributed by atoms with Crippen LogP contribution in [0.1, 0.15) is 38.1 Å². The highest BCUT2D eigenvalue weighted by Gasteiger charge is 2.23. The molecule has 3 aromatic rings. The number of carbonyl (C=O) groups excluding carboxylic acids is 2. The first-order valence-electron chi connectivity index (χ1n) is 10.7. The Labute approximate surface area is 211 Å². The second-order valence-corrected chi connectivity index (χ2v) is 9.33. The Balaban J connectivity index is 2.03. The van der Waals surface area contributed by atoms with E-state index in [1.165, 1.54) is 23.1 Å². The molecule has 2 aromatic carbocycles. The third kappa shape index (κ3) is 5.98. The lowest BCUT2D eigenvalue weighted by Crippen LogP contribution is -2.43. The van der Waals surface area contributed by atoms with Crippen LogP contribution < -0.4 is 16.1 Å². The van der Waals surface area contributed by atoms with Gasteiger partial charge in [-0.25, -0.2) is 9.36 Å². The summed E-state index contributed by atoms with van der Waals surface area (Å²) in [6.07, 6.45) is 0.907. The van der Waals surface area contributed by atoms with Gasteiger partial charge in [-0.3, -0.25) is 14.4 Å². The summed E-state index contributed by atoms with van der Waals surface area (Å²) in [6.45, 7) is 6.53. The SMILES string of the molecule is CCN(C(=O)c1cc(-n2ncc(=O)n(CC(=O)OC(C)(C)C)c2=O)ccc1Cl)c1ccccc1Cl. The average molecular weight is 519 g/mol. The second kappa shape index (κ2) is 10.5. The summed E-state index contributed by atoms with van der Waals surface area (Å²) in [4.78, 5) is 52.3. The molecule has 0 saturated carbocycles. The zero-order valence-corrected chi connectivity index (χ0v) is 21.1. The molecular formula is C24H24Cl2N4O5. The van der Waals surface area contributed by atoms with Gasteiger partial charge in [-0.05, 0) is 58.0 Å². The highest BCUT2D eigenvalue weighted by atomic mass is 35.5. The predicted molar refractivity (Wildman–Crippen MR) is 134 cm³/mol. The van der Waals surface area contributed by atoms with Crippen LogP contribution in [-0.4, -0.2) is 38.4 Å². The van der Waals surface area contributed by atoms with Gasteiger partial charge < -0.3 is 9.64 Å². The van der Waals surface area contributed by atoms with Crippen LogP contribution in [0.25, 0.3) is 5.69 Å². The highest BCUT2D eigenvalue weighted by molar-refractivity contribution is 6.36. The molecule has 11 heteroatoms. The molecule has 184 valence electrons. The molecular weight excluding hydrogens is 495 g/mol.